The summed E-state index contributed by atoms with van der Waals surface area (Å²) in [6, 6.07) is 5.39. The standard InChI is InChI=1S/C20H22O4/c1-2-24-19(21)12-16-5-3-4-13-6-7-14-10-17(20(22)23)9-8-15(14)11-18(13)16/h3-4,8-10,16H,2,5-7,11-12H2,1H3,(H,22,23). The van der Waals surface area contributed by atoms with Gasteiger partial charge >= 0.3 is 11.9 Å². The molecule has 2 aliphatic rings. The van der Waals surface area contributed by atoms with Gasteiger partial charge in [0.15, 0.2) is 0 Å². The van der Waals surface area contributed by atoms with E-state index in [0.717, 1.165) is 31.2 Å². The number of aromatic carboxylic acids is 1. The first-order chi connectivity index (χ1) is 11.6. The minimum absolute atomic E-state index is 0.143. The normalized spacial score (nSPS) is 19.3. The highest BCUT2D eigenvalue weighted by molar-refractivity contribution is 5.88. The predicted molar refractivity (Wildman–Crippen MR) is 90.9 cm³/mol. The van der Waals surface area contributed by atoms with E-state index >= 15 is 0 Å². The van der Waals surface area contributed by atoms with E-state index in [0.29, 0.717) is 18.6 Å². The number of ether oxygens (including phenoxy) is 1. The predicted octanol–water partition coefficient (Wildman–Crippen LogP) is 3.70. The highest BCUT2D eigenvalue weighted by Gasteiger charge is 2.26. The van der Waals surface area contributed by atoms with Crippen molar-refractivity contribution >= 4 is 11.9 Å². The Morgan fingerprint density at radius 1 is 1.25 bits per heavy atom. The molecule has 24 heavy (non-hydrogen) atoms. The van der Waals surface area contributed by atoms with E-state index in [1.165, 1.54) is 16.7 Å². The van der Waals surface area contributed by atoms with Gasteiger partial charge in [0, 0.05) is 0 Å². The number of hydrogen-bond acceptors (Lipinski definition) is 3. The fraction of sp³-hybridized carbons (Fsp3) is 0.400. The average molecular weight is 326 g/mol. The Bertz CT molecular complexity index is 727. The number of carbonyl (C=O) groups excluding carboxylic acids is 1. The molecular weight excluding hydrogens is 304 g/mol. The van der Waals surface area contributed by atoms with Crippen molar-refractivity contribution in [2.45, 2.75) is 39.0 Å². The lowest BCUT2D eigenvalue weighted by atomic mass is 9.81. The zero-order chi connectivity index (χ0) is 17.1. The second-order valence-corrected chi connectivity index (χ2v) is 6.36. The average Bonchev–Trinajstić information content (AvgIpc) is 2.74. The largest absolute Gasteiger partial charge is 0.478 e. The fourth-order valence-electron chi connectivity index (χ4n) is 3.65. The maximum atomic E-state index is 11.9. The zero-order valence-electron chi connectivity index (χ0n) is 13.9. The van der Waals surface area contributed by atoms with Crippen molar-refractivity contribution in [1.82, 2.24) is 0 Å². The Morgan fingerprint density at radius 2 is 2.08 bits per heavy atom. The molecule has 0 aliphatic heterocycles. The SMILES string of the molecule is CCOC(=O)CC1CC=CC2=C1Cc1ccc(C(=O)O)cc1CC2. The van der Waals surface area contributed by atoms with Gasteiger partial charge in [-0.2, -0.15) is 0 Å². The van der Waals surface area contributed by atoms with Crippen molar-refractivity contribution in [1.29, 1.82) is 0 Å². The molecule has 0 saturated carbocycles. The molecular formula is C20H22O4. The topological polar surface area (TPSA) is 63.6 Å². The summed E-state index contributed by atoms with van der Waals surface area (Å²) in [5.41, 5.74) is 5.23. The summed E-state index contributed by atoms with van der Waals surface area (Å²) in [5.74, 6) is -0.843. The molecule has 0 radical (unpaired) electrons. The van der Waals surface area contributed by atoms with Gasteiger partial charge in [0.25, 0.3) is 0 Å². The van der Waals surface area contributed by atoms with Crippen LogP contribution in [0.25, 0.3) is 0 Å². The minimum Gasteiger partial charge on any atom is -0.478 e. The van der Waals surface area contributed by atoms with Crippen LogP contribution < -0.4 is 0 Å². The van der Waals surface area contributed by atoms with Gasteiger partial charge < -0.3 is 9.84 Å². The van der Waals surface area contributed by atoms with Crippen LogP contribution in [0.15, 0.2) is 41.5 Å². The summed E-state index contributed by atoms with van der Waals surface area (Å²) >= 11 is 0. The number of benzene rings is 1. The van der Waals surface area contributed by atoms with Crippen molar-refractivity contribution in [2.24, 2.45) is 5.92 Å². The number of fused-ring (bicyclic) bond motifs is 1. The van der Waals surface area contributed by atoms with Gasteiger partial charge in [0.1, 0.15) is 0 Å². The van der Waals surface area contributed by atoms with Crippen molar-refractivity contribution in [3.05, 3.63) is 58.2 Å². The van der Waals surface area contributed by atoms with Crippen LogP contribution in [0.4, 0.5) is 0 Å². The number of allylic oxidation sites excluding steroid dienone is 4. The van der Waals surface area contributed by atoms with Gasteiger partial charge in [-0.3, -0.25) is 4.79 Å². The van der Waals surface area contributed by atoms with Crippen LogP contribution in [0.1, 0.15) is 47.7 Å². The van der Waals surface area contributed by atoms with Crippen LogP contribution in [0.2, 0.25) is 0 Å². The van der Waals surface area contributed by atoms with Gasteiger partial charge in [-0.1, -0.05) is 23.8 Å². The van der Waals surface area contributed by atoms with Crippen LogP contribution in [0.5, 0.6) is 0 Å². The van der Waals surface area contributed by atoms with E-state index in [9.17, 15) is 14.7 Å². The number of hydrogen-bond donors (Lipinski definition) is 1. The molecule has 4 heteroatoms. The molecule has 0 saturated heterocycles. The van der Waals surface area contributed by atoms with E-state index in [2.05, 4.69) is 12.2 Å². The number of aryl methyl sites for hydroxylation is 1. The first-order valence-electron chi connectivity index (χ1n) is 8.47. The summed E-state index contributed by atoms with van der Waals surface area (Å²) in [5, 5.41) is 9.18. The lowest BCUT2D eigenvalue weighted by Gasteiger charge is -2.24. The second-order valence-electron chi connectivity index (χ2n) is 6.36. The van der Waals surface area contributed by atoms with Gasteiger partial charge in [0.2, 0.25) is 0 Å². The molecule has 0 spiro atoms. The van der Waals surface area contributed by atoms with Crippen molar-refractivity contribution in [3.63, 3.8) is 0 Å². The highest BCUT2D eigenvalue weighted by Crippen LogP contribution is 2.36. The van der Waals surface area contributed by atoms with Crippen LogP contribution in [-0.4, -0.2) is 23.7 Å². The maximum absolute atomic E-state index is 11.9. The smallest absolute Gasteiger partial charge is 0.335 e. The molecule has 1 aromatic carbocycles. The number of esters is 1. The van der Waals surface area contributed by atoms with Crippen molar-refractivity contribution < 1.29 is 19.4 Å². The summed E-state index contributed by atoms with van der Waals surface area (Å²) in [6.45, 7) is 2.24. The van der Waals surface area contributed by atoms with Crippen molar-refractivity contribution in [3.8, 4) is 0 Å². The Labute approximate surface area is 141 Å². The third-order valence-electron chi connectivity index (χ3n) is 4.86. The summed E-state index contributed by atoms with van der Waals surface area (Å²) in [6.07, 6.45) is 8.11. The molecule has 1 unspecified atom stereocenters. The summed E-state index contributed by atoms with van der Waals surface area (Å²) < 4.78 is 5.12. The van der Waals surface area contributed by atoms with E-state index in [4.69, 9.17) is 4.74 Å². The summed E-state index contributed by atoms with van der Waals surface area (Å²) in [7, 11) is 0. The summed E-state index contributed by atoms with van der Waals surface area (Å²) in [4.78, 5) is 23.1. The Morgan fingerprint density at radius 3 is 2.83 bits per heavy atom. The first-order valence-corrected chi connectivity index (χ1v) is 8.47. The maximum Gasteiger partial charge on any atom is 0.335 e. The van der Waals surface area contributed by atoms with Crippen LogP contribution >= 0.6 is 0 Å². The molecule has 0 aromatic heterocycles. The van der Waals surface area contributed by atoms with Gasteiger partial charge in [-0.15, -0.1) is 0 Å². The molecule has 3 rings (SSSR count). The third kappa shape index (κ3) is 3.42. The number of carboxylic acid groups (broad SMARTS) is 1. The lowest BCUT2D eigenvalue weighted by Crippen LogP contribution is -2.17. The number of rotatable bonds is 4. The van der Waals surface area contributed by atoms with Crippen molar-refractivity contribution in [2.75, 3.05) is 6.61 Å². The van der Waals surface area contributed by atoms with Crippen LogP contribution in [0, 0.1) is 5.92 Å². The Kier molecular flexibility index (Phi) is 4.84. The quantitative estimate of drug-likeness (QED) is 0.857. The van der Waals surface area contributed by atoms with E-state index in [-0.39, 0.29) is 11.9 Å². The fourth-order valence-corrected chi connectivity index (χ4v) is 3.65. The zero-order valence-corrected chi connectivity index (χ0v) is 13.9. The Balaban J connectivity index is 1.86. The molecule has 1 aromatic rings. The highest BCUT2D eigenvalue weighted by atomic mass is 16.5. The van der Waals surface area contributed by atoms with Gasteiger partial charge in [0.05, 0.1) is 18.6 Å². The van der Waals surface area contributed by atoms with Crippen LogP contribution in [0.3, 0.4) is 0 Å². The molecule has 126 valence electrons. The molecule has 2 aliphatic carbocycles. The first kappa shape index (κ1) is 16.5. The van der Waals surface area contributed by atoms with E-state index in [1.807, 2.05) is 13.0 Å². The molecule has 1 N–H and O–H groups in total. The van der Waals surface area contributed by atoms with E-state index in [1.54, 1.807) is 12.1 Å². The molecule has 4 nitrogen and oxygen atoms in total. The number of carboxylic acids is 1. The minimum atomic E-state index is -0.889. The van der Waals surface area contributed by atoms with Gasteiger partial charge in [-0.25, -0.2) is 4.79 Å². The molecule has 0 amide bonds. The molecule has 1 atom stereocenters. The second kappa shape index (κ2) is 7.04. The third-order valence-corrected chi connectivity index (χ3v) is 4.86. The number of carbonyl (C=O) groups is 2. The molecule has 0 fully saturated rings. The Hall–Kier alpha value is -2.36. The van der Waals surface area contributed by atoms with Crippen LogP contribution in [-0.2, 0) is 22.4 Å². The lowest BCUT2D eigenvalue weighted by molar-refractivity contribution is -0.143. The molecule has 0 heterocycles. The molecule has 0 bridgehead atoms. The monoisotopic (exact) mass is 326 g/mol. The van der Waals surface area contributed by atoms with E-state index < -0.39 is 5.97 Å². The van der Waals surface area contributed by atoms with Gasteiger partial charge in [-0.05, 0) is 67.4 Å².